The second kappa shape index (κ2) is 4.80. The molecule has 0 spiro atoms. The van der Waals surface area contributed by atoms with Crippen molar-refractivity contribution in [3.8, 4) is 0 Å². The van der Waals surface area contributed by atoms with Gasteiger partial charge in [-0.15, -0.1) is 11.3 Å². The fraction of sp³-hybridized carbons (Fsp3) is 0.417. The molecule has 0 saturated carbocycles. The minimum atomic E-state index is 0.583. The van der Waals surface area contributed by atoms with Gasteiger partial charge in [-0.1, -0.05) is 11.6 Å². The summed E-state index contributed by atoms with van der Waals surface area (Å²) < 4.78 is 6.53. The molecule has 90 valence electrons. The van der Waals surface area contributed by atoms with E-state index >= 15 is 0 Å². The fourth-order valence-electron chi connectivity index (χ4n) is 2.07. The summed E-state index contributed by atoms with van der Waals surface area (Å²) in [7, 11) is 0. The third-order valence-corrected chi connectivity index (χ3v) is 4.15. The van der Waals surface area contributed by atoms with E-state index in [0.717, 1.165) is 42.4 Å². The monoisotopic (exact) mass is 268 g/mol. The van der Waals surface area contributed by atoms with Crippen molar-refractivity contribution in [2.24, 2.45) is 5.92 Å². The molecule has 1 aromatic carbocycles. The van der Waals surface area contributed by atoms with E-state index in [0.29, 0.717) is 5.92 Å². The summed E-state index contributed by atoms with van der Waals surface area (Å²) in [6, 6.07) is 3.94. The normalized spacial score (nSPS) is 19.9. The Balaban J connectivity index is 1.82. The van der Waals surface area contributed by atoms with Gasteiger partial charge in [-0.05, 0) is 18.6 Å². The smallest absolute Gasteiger partial charge is 0.106 e. The topological polar surface area (TPSA) is 34.2 Å². The Labute approximate surface area is 109 Å². The molecule has 17 heavy (non-hydrogen) atoms. The first-order chi connectivity index (χ1) is 8.34. The molecule has 1 saturated heterocycles. The quantitative estimate of drug-likeness (QED) is 0.926. The van der Waals surface area contributed by atoms with Gasteiger partial charge < -0.3 is 10.1 Å². The van der Waals surface area contributed by atoms with E-state index in [1.54, 1.807) is 11.3 Å². The van der Waals surface area contributed by atoms with Crippen LogP contribution in [0.5, 0.6) is 0 Å². The van der Waals surface area contributed by atoms with Gasteiger partial charge in [-0.25, -0.2) is 4.98 Å². The van der Waals surface area contributed by atoms with Gasteiger partial charge in [0, 0.05) is 19.1 Å². The molecule has 1 atom stereocenters. The number of nitrogens with one attached hydrogen (secondary N) is 1. The Hall–Kier alpha value is -0.840. The number of hydrogen-bond donors (Lipinski definition) is 1. The summed E-state index contributed by atoms with van der Waals surface area (Å²) in [5.74, 6) is 0.583. The summed E-state index contributed by atoms with van der Waals surface area (Å²) >= 11 is 7.85. The molecule has 2 heterocycles. The van der Waals surface area contributed by atoms with Crippen molar-refractivity contribution in [2.75, 3.05) is 25.1 Å². The first-order valence-corrected chi connectivity index (χ1v) is 6.93. The number of rotatable bonds is 3. The largest absolute Gasteiger partial charge is 0.382 e. The van der Waals surface area contributed by atoms with Crippen LogP contribution in [0.15, 0.2) is 17.6 Å². The number of halogens is 1. The summed E-state index contributed by atoms with van der Waals surface area (Å²) in [5.41, 5.74) is 3.78. The fourth-order valence-corrected chi connectivity index (χ4v) is 2.97. The van der Waals surface area contributed by atoms with Crippen molar-refractivity contribution in [3.63, 3.8) is 0 Å². The molecule has 0 radical (unpaired) electrons. The maximum Gasteiger partial charge on any atom is 0.106 e. The molecule has 0 amide bonds. The molecule has 3 nitrogen and oxygen atoms in total. The second-order valence-corrected chi connectivity index (χ2v) is 5.53. The lowest BCUT2D eigenvalue weighted by molar-refractivity contribution is 0.187. The van der Waals surface area contributed by atoms with Crippen LogP contribution in [0, 0.1) is 5.92 Å². The highest BCUT2D eigenvalue weighted by Gasteiger charge is 2.16. The first kappa shape index (κ1) is 11.3. The zero-order valence-corrected chi connectivity index (χ0v) is 10.9. The van der Waals surface area contributed by atoms with E-state index in [4.69, 9.17) is 16.3 Å². The molecule has 1 aliphatic rings. The maximum absolute atomic E-state index is 6.22. The van der Waals surface area contributed by atoms with Crippen LogP contribution in [0.4, 0.5) is 5.69 Å². The zero-order valence-electron chi connectivity index (χ0n) is 9.28. The van der Waals surface area contributed by atoms with E-state index in [1.165, 1.54) is 4.70 Å². The molecular formula is C12H13ClN2OS. The van der Waals surface area contributed by atoms with Gasteiger partial charge >= 0.3 is 0 Å². The number of benzene rings is 1. The van der Waals surface area contributed by atoms with Gasteiger partial charge in [0.1, 0.15) is 5.52 Å². The standard InChI is InChI=1S/C12H13ClN2OS/c13-9-1-2-10-12(15-7-17-10)11(9)14-5-8-3-4-16-6-8/h1-2,7-8,14H,3-6H2. The first-order valence-electron chi connectivity index (χ1n) is 5.68. The number of fused-ring (bicyclic) bond motifs is 1. The zero-order chi connectivity index (χ0) is 11.7. The van der Waals surface area contributed by atoms with E-state index in [9.17, 15) is 0 Å². The molecule has 1 fully saturated rings. The van der Waals surface area contributed by atoms with E-state index in [2.05, 4.69) is 10.3 Å². The number of hydrogen-bond acceptors (Lipinski definition) is 4. The van der Waals surface area contributed by atoms with Crippen molar-refractivity contribution in [2.45, 2.75) is 6.42 Å². The van der Waals surface area contributed by atoms with Crippen LogP contribution in [-0.2, 0) is 4.74 Å². The number of anilines is 1. The second-order valence-electron chi connectivity index (χ2n) is 4.23. The van der Waals surface area contributed by atoms with Crippen LogP contribution in [0.3, 0.4) is 0 Å². The van der Waals surface area contributed by atoms with Crippen LogP contribution in [-0.4, -0.2) is 24.7 Å². The Bertz CT molecular complexity index is 522. The van der Waals surface area contributed by atoms with Crippen molar-refractivity contribution < 1.29 is 4.74 Å². The van der Waals surface area contributed by atoms with Gasteiger partial charge in [0.15, 0.2) is 0 Å². The van der Waals surface area contributed by atoms with E-state index < -0.39 is 0 Å². The number of thiazole rings is 1. The summed E-state index contributed by atoms with van der Waals surface area (Å²) in [6.07, 6.45) is 1.12. The van der Waals surface area contributed by atoms with E-state index in [-0.39, 0.29) is 0 Å². The number of aromatic nitrogens is 1. The van der Waals surface area contributed by atoms with Crippen molar-refractivity contribution in [3.05, 3.63) is 22.7 Å². The van der Waals surface area contributed by atoms with Gasteiger partial charge in [0.25, 0.3) is 0 Å². The molecule has 5 heteroatoms. The number of nitrogens with zero attached hydrogens (tertiary/aromatic N) is 1. The van der Waals surface area contributed by atoms with Crippen LogP contribution in [0.25, 0.3) is 10.2 Å². The third kappa shape index (κ3) is 2.25. The number of ether oxygens (including phenoxy) is 1. The van der Waals surface area contributed by atoms with Crippen molar-refractivity contribution >= 4 is 38.8 Å². The van der Waals surface area contributed by atoms with Gasteiger partial charge in [-0.2, -0.15) is 0 Å². The van der Waals surface area contributed by atoms with Crippen LogP contribution >= 0.6 is 22.9 Å². The molecule has 2 aromatic rings. The highest BCUT2D eigenvalue weighted by Crippen LogP contribution is 2.32. The predicted octanol–water partition coefficient (Wildman–Crippen LogP) is 3.40. The molecule has 1 unspecified atom stereocenters. The Morgan fingerprint density at radius 3 is 3.29 bits per heavy atom. The molecule has 1 aliphatic heterocycles. The summed E-state index contributed by atoms with van der Waals surface area (Å²) in [5, 5.41) is 4.15. The molecule has 3 rings (SSSR count). The minimum absolute atomic E-state index is 0.583. The SMILES string of the molecule is Clc1ccc2scnc2c1NCC1CCOC1. The molecular weight excluding hydrogens is 256 g/mol. The van der Waals surface area contributed by atoms with Crippen LogP contribution < -0.4 is 5.32 Å². The Morgan fingerprint density at radius 2 is 2.47 bits per heavy atom. The lowest BCUT2D eigenvalue weighted by Gasteiger charge is -2.12. The maximum atomic E-state index is 6.22. The lowest BCUT2D eigenvalue weighted by atomic mass is 10.1. The Morgan fingerprint density at radius 1 is 1.53 bits per heavy atom. The Kier molecular flexibility index (Phi) is 3.18. The van der Waals surface area contributed by atoms with Gasteiger partial charge in [0.2, 0.25) is 0 Å². The average Bonchev–Trinajstić information content (AvgIpc) is 2.97. The van der Waals surface area contributed by atoms with Gasteiger partial charge in [-0.3, -0.25) is 0 Å². The summed E-state index contributed by atoms with van der Waals surface area (Å²) in [4.78, 5) is 4.37. The highest BCUT2D eigenvalue weighted by atomic mass is 35.5. The van der Waals surface area contributed by atoms with Crippen LogP contribution in [0.2, 0.25) is 5.02 Å². The van der Waals surface area contributed by atoms with E-state index in [1.807, 2.05) is 17.6 Å². The highest BCUT2D eigenvalue weighted by molar-refractivity contribution is 7.16. The minimum Gasteiger partial charge on any atom is -0.382 e. The average molecular weight is 269 g/mol. The molecule has 1 aromatic heterocycles. The molecule has 0 bridgehead atoms. The lowest BCUT2D eigenvalue weighted by Crippen LogP contribution is -2.14. The van der Waals surface area contributed by atoms with Crippen molar-refractivity contribution in [1.29, 1.82) is 0 Å². The van der Waals surface area contributed by atoms with Crippen molar-refractivity contribution in [1.82, 2.24) is 4.98 Å². The molecule has 1 N–H and O–H groups in total. The molecule has 0 aliphatic carbocycles. The third-order valence-electron chi connectivity index (χ3n) is 3.04. The van der Waals surface area contributed by atoms with Crippen LogP contribution in [0.1, 0.15) is 6.42 Å². The van der Waals surface area contributed by atoms with Gasteiger partial charge in [0.05, 0.1) is 27.5 Å². The summed E-state index contributed by atoms with van der Waals surface area (Å²) in [6.45, 7) is 2.62. The predicted molar refractivity (Wildman–Crippen MR) is 72.0 cm³/mol.